The molecule has 1 aliphatic heterocycles. The molecule has 7 atom stereocenters. The Hall–Kier alpha value is 0.0549. The average Bonchev–Trinajstić information content (AvgIpc) is 2.71. The van der Waals surface area contributed by atoms with E-state index in [2.05, 4.69) is 0 Å². The van der Waals surface area contributed by atoms with Crippen molar-refractivity contribution < 1.29 is 33.7 Å². The Balaban J connectivity index is 2.89. The van der Waals surface area contributed by atoms with Crippen LogP contribution in [0.25, 0.3) is 0 Å². The van der Waals surface area contributed by atoms with Crippen LogP contribution in [-0.4, -0.2) is 65.3 Å². The molecule has 136 valence electrons. The smallest absolute Gasteiger partial charge is 0.359 e. The molecule has 23 heavy (non-hydrogen) atoms. The van der Waals surface area contributed by atoms with Crippen LogP contribution < -0.4 is 0 Å². The van der Waals surface area contributed by atoms with Crippen molar-refractivity contribution in [2.75, 3.05) is 7.11 Å². The third kappa shape index (κ3) is 4.57. The minimum absolute atomic E-state index is 0.0892. The molecule has 0 aromatic carbocycles. The summed E-state index contributed by atoms with van der Waals surface area (Å²) >= 11 is 0. The minimum atomic E-state index is -4.26. The molecule has 1 heterocycles. The Labute approximate surface area is 139 Å². The summed E-state index contributed by atoms with van der Waals surface area (Å²) in [5, 5.41) is 18.6. The zero-order chi connectivity index (χ0) is 18.1. The van der Waals surface area contributed by atoms with Gasteiger partial charge in [-0.25, -0.2) is 0 Å². The van der Waals surface area contributed by atoms with Gasteiger partial charge in [0.1, 0.15) is 20.1 Å². The molecule has 0 bridgehead atoms. The summed E-state index contributed by atoms with van der Waals surface area (Å²) < 4.78 is 28.8. The summed E-state index contributed by atoms with van der Waals surface area (Å²) in [4.78, 5) is 10.2. The largest absolute Gasteiger partial charge is 0.388 e. The molecule has 0 aliphatic carbocycles. The summed E-state index contributed by atoms with van der Waals surface area (Å²) in [5.74, 6) is 0. The van der Waals surface area contributed by atoms with Crippen molar-refractivity contribution in [3.8, 4) is 0 Å². The molecule has 1 rings (SSSR count). The number of aliphatic hydroxyl groups excluding tert-OH is 1. The molecule has 0 aromatic heterocycles. The van der Waals surface area contributed by atoms with Crippen molar-refractivity contribution in [3.63, 3.8) is 0 Å². The van der Waals surface area contributed by atoms with Crippen molar-refractivity contribution in [1.82, 2.24) is 0 Å². The van der Waals surface area contributed by atoms with Gasteiger partial charge in [-0.3, -0.25) is 4.57 Å². The van der Waals surface area contributed by atoms with Gasteiger partial charge in [-0.15, -0.1) is 0 Å². The van der Waals surface area contributed by atoms with Gasteiger partial charge >= 0.3 is 7.60 Å². The molecule has 9 heteroatoms. The normalized spacial score (nSPS) is 36.2. The molecule has 0 radical (unpaired) electrons. The van der Waals surface area contributed by atoms with Crippen LogP contribution in [-0.2, 0) is 18.6 Å². The fourth-order valence-corrected chi connectivity index (χ4v) is 4.09. The van der Waals surface area contributed by atoms with Crippen molar-refractivity contribution in [2.24, 2.45) is 0 Å². The van der Waals surface area contributed by atoms with Gasteiger partial charge < -0.3 is 29.1 Å². The van der Waals surface area contributed by atoms with Crippen molar-refractivity contribution in [3.05, 3.63) is 0 Å². The highest BCUT2D eigenvalue weighted by molar-refractivity contribution is 7.54. The van der Waals surface area contributed by atoms with E-state index in [4.69, 9.17) is 14.0 Å². The van der Waals surface area contributed by atoms with E-state index in [0.29, 0.717) is 6.42 Å². The SMILES string of the molecule is B[C@@H]1O[C@H](CC(C)(CC)OP(=O)(O)[C@@](C)(O)CC)[C@@H](O)[C@H]1OC. The maximum atomic E-state index is 12.4. The lowest BCUT2D eigenvalue weighted by atomic mass is 9.89. The lowest BCUT2D eigenvalue weighted by Gasteiger charge is -2.37. The van der Waals surface area contributed by atoms with Crippen LogP contribution in [0, 0.1) is 0 Å². The average molecular weight is 352 g/mol. The van der Waals surface area contributed by atoms with E-state index in [1.54, 1.807) is 21.7 Å². The molecule has 0 spiro atoms. The van der Waals surface area contributed by atoms with Crippen LogP contribution in [0.2, 0.25) is 0 Å². The molecule has 2 unspecified atom stereocenters. The van der Waals surface area contributed by atoms with Gasteiger partial charge in [-0.05, 0) is 26.7 Å². The van der Waals surface area contributed by atoms with E-state index < -0.39 is 36.9 Å². The molecule has 1 aliphatic rings. The predicted molar refractivity (Wildman–Crippen MR) is 89.1 cm³/mol. The summed E-state index contributed by atoms with van der Waals surface area (Å²) in [6.07, 6.45) is -1.11. The number of rotatable bonds is 8. The number of ether oxygens (including phenoxy) is 2. The molecular formula is C14H30BO7P. The monoisotopic (exact) mass is 352 g/mol. The molecule has 1 fully saturated rings. The van der Waals surface area contributed by atoms with E-state index in [1.165, 1.54) is 14.0 Å². The van der Waals surface area contributed by atoms with Crippen LogP contribution in [0.1, 0.15) is 47.0 Å². The van der Waals surface area contributed by atoms with E-state index in [9.17, 15) is 19.7 Å². The van der Waals surface area contributed by atoms with E-state index >= 15 is 0 Å². The first-order chi connectivity index (χ1) is 10.4. The first-order valence-electron chi connectivity index (χ1n) is 8.05. The van der Waals surface area contributed by atoms with Crippen LogP contribution in [0.15, 0.2) is 0 Å². The molecule has 0 aromatic rings. The highest BCUT2D eigenvalue weighted by Crippen LogP contribution is 2.59. The Morgan fingerprint density at radius 2 is 1.87 bits per heavy atom. The second-order valence-electron chi connectivity index (χ2n) is 6.76. The van der Waals surface area contributed by atoms with E-state index in [0.717, 1.165) is 0 Å². The summed E-state index contributed by atoms with van der Waals surface area (Å²) in [6.45, 7) is 6.40. The highest BCUT2D eigenvalue weighted by Gasteiger charge is 2.49. The van der Waals surface area contributed by atoms with Crippen LogP contribution >= 0.6 is 7.60 Å². The zero-order valence-corrected chi connectivity index (χ0v) is 15.7. The second kappa shape index (κ2) is 7.52. The van der Waals surface area contributed by atoms with Gasteiger partial charge in [0, 0.05) is 13.5 Å². The Kier molecular flexibility index (Phi) is 6.90. The lowest BCUT2D eigenvalue weighted by molar-refractivity contribution is -0.0458. The maximum absolute atomic E-state index is 12.4. The standard InChI is InChI=1S/C14H30BO7P/c1-6-13(3,22-23(18,19)14(4,17)7-2)8-9-10(16)11(20-5)12(15)21-9/h9-12,16-17H,6-8,15H2,1-5H3,(H,18,19)/t9-,10-,11-,12-,13?,14-/m1/s1. The first-order valence-corrected chi connectivity index (χ1v) is 9.63. The van der Waals surface area contributed by atoms with Crippen molar-refractivity contribution in [1.29, 1.82) is 0 Å². The third-order valence-electron chi connectivity index (χ3n) is 4.85. The third-order valence-corrected chi connectivity index (χ3v) is 7.07. The predicted octanol–water partition coefficient (Wildman–Crippen LogP) is 0.600. The number of aliphatic hydroxyl groups is 2. The first kappa shape index (κ1) is 21.1. The van der Waals surface area contributed by atoms with Crippen LogP contribution in [0.3, 0.4) is 0 Å². The summed E-state index contributed by atoms with van der Waals surface area (Å²) in [5.41, 5.74) is -1.02. The van der Waals surface area contributed by atoms with Gasteiger partial charge in [0.25, 0.3) is 0 Å². The number of methoxy groups -OCH3 is 1. The quantitative estimate of drug-likeness (QED) is 0.434. The maximum Gasteiger partial charge on any atom is 0.359 e. The summed E-state index contributed by atoms with van der Waals surface area (Å²) in [6, 6.07) is -0.277. The lowest BCUT2D eigenvalue weighted by Crippen LogP contribution is -2.40. The van der Waals surface area contributed by atoms with Gasteiger partial charge in [-0.2, -0.15) is 0 Å². The Morgan fingerprint density at radius 3 is 2.26 bits per heavy atom. The number of hydrogen-bond donors (Lipinski definition) is 3. The van der Waals surface area contributed by atoms with Crippen molar-refractivity contribution in [2.45, 2.75) is 82.2 Å². The van der Waals surface area contributed by atoms with Crippen LogP contribution in [0.5, 0.6) is 0 Å². The molecule has 0 amide bonds. The van der Waals surface area contributed by atoms with Gasteiger partial charge in [0.2, 0.25) is 0 Å². The fourth-order valence-electron chi connectivity index (χ4n) is 2.69. The fraction of sp³-hybridized carbons (Fsp3) is 1.00. The summed E-state index contributed by atoms with van der Waals surface area (Å²) in [7, 11) is -0.949. The topological polar surface area (TPSA) is 105 Å². The van der Waals surface area contributed by atoms with Crippen molar-refractivity contribution >= 4 is 15.4 Å². The van der Waals surface area contributed by atoms with Gasteiger partial charge in [-0.1, -0.05) is 13.8 Å². The molecule has 7 nitrogen and oxygen atoms in total. The van der Waals surface area contributed by atoms with E-state index in [1.807, 2.05) is 6.92 Å². The molecule has 3 N–H and O–H groups in total. The second-order valence-corrected chi connectivity index (χ2v) is 8.95. The molecule has 1 saturated heterocycles. The zero-order valence-electron chi connectivity index (χ0n) is 14.9. The van der Waals surface area contributed by atoms with Gasteiger partial charge in [0.15, 0.2) is 5.34 Å². The van der Waals surface area contributed by atoms with Crippen LogP contribution in [0.4, 0.5) is 0 Å². The Bertz CT molecular complexity index is 447. The minimum Gasteiger partial charge on any atom is -0.388 e. The Morgan fingerprint density at radius 1 is 1.30 bits per heavy atom. The molecule has 0 saturated carbocycles. The van der Waals surface area contributed by atoms with E-state index in [-0.39, 0.29) is 18.8 Å². The molecular weight excluding hydrogens is 322 g/mol. The van der Waals surface area contributed by atoms with Gasteiger partial charge in [0.05, 0.1) is 17.7 Å². The highest BCUT2D eigenvalue weighted by atomic mass is 31.2. The number of hydrogen-bond acceptors (Lipinski definition) is 6.